The highest BCUT2D eigenvalue weighted by Crippen LogP contribution is 2.30. The number of methoxy groups -OCH3 is 1. The lowest BCUT2D eigenvalue weighted by Crippen LogP contribution is -2.35. The molecule has 1 fully saturated rings. The molecule has 1 N–H and O–H groups in total. The molecule has 1 aliphatic heterocycles. The van der Waals surface area contributed by atoms with Crippen molar-refractivity contribution in [2.24, 2.45) is 13.0 Å². The Morgan fingerprint density at radius 3 is 2.52 bits per heavy atom. The summed E-state index contributed by atoms with van der Waals surface area (Å²) in [4.78, 5) is 14.9. The van der Waals surface area contributed by atoms with Crippen LogP contribution in [0.2, 0.25) is 0 Å². The van der Waals surface area contributed by atoms with Gasteiger partial charge in [-0.15, -0.1) is 0 Å². The predicted molar refractivity (Wildman–Crippen MR) is 84.8 cm³/mol. The normalized spacial score (nSPS) is 18.0. The Kier molecular flexibility index (Phi) is 4.88. The quantitative estimate of drug-likeness (QED) is 0.892. The number of hydrogen-bond donors (Lipinski definition) is 1. The Labute approximate surface area is 136 Å². The maximum absolute atomic E-state index is 10.5. The maximum Gasteiger partial charge on any atom is 0.316 e. The first-order chi connectivity index (χ1) is 11.2. The molecule has 1 atom stereocenters. The van der Waals surface area contributed by atoms with Crippen LogP contribution in [0.4, 0.5) is 0 Å². The maximum atomic E-state index is 10.5. The van der Waals surface area contributed by atoms with Gasteiger partial charge in [0.05, 0.1) is 7.11 Å². The minimum Gasteiger partial charge on any atom is -0.467 e. The van der Waals surface area contributed by atoms with Crippen molar-refractivity contribution < 1.29 is 9.84 Å². The van der Waals surface area contributed by atoms with Crippen LogP contribution in [-0.2, 0) is 13.6 Å². The van der Waals surface area contributed by atoms with Gasteiger partial charge in [-0.3, -0.25) is 4.90 Å². The van der Waals surface area contributed by atoms with Gasteiger partial charge in [-0.2, -0.15) is 0 Å². The van der Waals surface area contributed by atoms with E-state index in [2.05, 4.69) is 19.9 Å². The van der Waals surface area contributed by atoms with E-state index in [1.54, 1.807) is 25.7 Å². The zero-order chi connectivity index (χ0) is 16.2. The van der Waals surface area contributed by atoms with E-state index in [0.29, 0.717) is 6.01 Å². The number of imidazole rings is 1. The average Bonchev–Trinajstić information content (AvgIpc) is 3.02. The van der Waals surface area contributed by atoms with E-state index in [0.717, 1.165) is 43.9 Å². The molecule has 3 rings (SSSR count). The minimum atomic E-state index is -0.485. The largest absolute Gasteiger partial charge is 0.467 e. The minimum absolute atomic E-state index is 0.263. The Balaban J connectivity index is 1.52. The molecule has 0 amide bonds. The molecule has 2 aromatic rings. The molecule has 0 aliphatic carbocycles. The molecule has 0 aromatic carbocycles. The van der Waals surface area contributed by atoms with E-state index < -0.39 is 6.10 Å². The molecule has 7 heteroatoms. The number of likely N-dealkylation sites (tertiary alicyclic amines) is 1. The van der Waals surface area contributed by atoms with Gasteiger partial charge in [0.2, 0.25) is 0 Å². The fourth-order valence-electron chi connectivity index (χ4n) is 3.09. The van der Waals surface area contributed by atoms with Crippen molar-refractivity contribution in [3.05, 3.63) is 36.2 Å². The average molecular weight is 317 g/mol. The number of rotatable bonds is 5. The van der Waals surface area contributed by atoms with Crippen LogP contribution in [0, 0.1) is 5.92 Å². The summed E-state index contributed by atoms with van der Waals surface area (Å²) in [5.41, 5.74) is 1.08. The molecule has 0 saturated carbocycles. The third kappa shape index (κ3) is 3.68. The standard InChI is InChI=1S/C16H23N5O2/c1-20-8-5-17-15(20)14(22)13-3-6-21(7-4-13)11-12-9-18-16(23-2)19-10-12/h5,8-10,13-14,22H,3-4,6-7,11H2,1-2H3. The number of piperidine rings is 1. The first kappa shape index (κ1) is 15.9. The van der Waals surface area contributed by atoms with E-state index >= 15 is 0 Å². The number of ether oxygens (including phenoxy) is 1. The highest BCUT2D eigenvalue weighted by atomic mass is 16.5. The van der Waals surface area contributed by atoms with Crippen LogP contribution < -0.4 is 4.74 Å². The van der Waals surface area contributed by atoms with E-state index in [1.165, 1.54) is 0 Å². The van der Waals surface area contributed by atoms with Crippen molar-refractivity contribution in [1.29, 1.82) is 0 Å². The van der Waals surface area contributed by atoms with Gasteiger partial charge in [0.15, 0.2) is 0 Å². The molecule has 0 radical (unpaired) electrons. The lowest BCUT2D eigenvalue weighted by molar-refractivity contribution is 0.0491. The van der Waals surface area contributed by atoms with Crippen LogP contribution in [0.25, 0.3) is 0 Å². The van der Waals surface area contributed by atoms with Crippen LogP contribution in [0.15, 0.2) is 24.8 Å². The fraction of sp³-hybridized carbons (Fsp3) is 0.562. The smallest absolute Gasteiger partial charge is 0.316 e. The first-order valence-electron chi connectivity index (χ1n) is 7.90. The molecule has 23 heavy (non-hydrogen) atoms. The predicted octanol–water partition coefficient (Wildman–Crippen LogP) is 1.16. The third-order valence-electron chi connectivity index (χ3n) is 4.47. The number of aliphatic hydroxyl groups excluding tert-OH is 1. The topological polar surface area (TPSA) is 76.3 Å². The third-order valence-corrected chi connectivity index (χ3v) is 4.47. The number of aromatic nitrogens is 4. The summed E-state index contributed by atoms with van der Waals surface area (Å²) in [6.45, 7) is 2.74. The zero-order valence-corrected chi connectivity index (χ0v) is 13.6. The molecule has 0 spiro atoms. The number of aryl methyl sites for hydroxylation is 1. The van der Waals surface area contributed by atoms with Gasteiger partial charge in [-0.1, -0.05) is 0 Å². The summed E-state index contributed by atoms with van der Waals surface area (Å²) in [5, 5.41) is 10.5. The molecule has 1 unspecified atom stereocenters. The van der Waals surface area contributed by atoms with Gasteiger partial charge < -0.3 is 14.4 Å². The van der Waals surface area contributed by atoms with Crippen LogP contribution in [0.1, 0.15) is 30.3 Å². The van der Waals surface area contributed by atoms with Crippen molar-refractivity contribution >= 4 is 0 Å². The highest BCUT2D eigenvalue weighted by Gasteiger charge is 2.28. The van der Waals surface area contributed by atoms with Crippen LogP contribution in [0.3, 0.4) is 0 Å². The van der Waals surface area contributed by atoms with Gasteiger partial charge in [0, 0.05) is 43.9 Å². The highest BCUT2D eigenvalue weighted by molar-refractivity contribution is 5.07. The van der Waals surface area contributed by atoms with Crippen LogP contribution in [0.5, 0.6) is 6.01 Å². The Bertz CT molecular complexity index is 620. The SMILES string of the molecule is COc1ncc(CN2CCC(C(O)c3nccn3C)CC2)cn1. The molecule has 2 aromatic heterocycles. The second kappa shape index (κ2) is 7.06. The second-order valence-corrected chi connectivity index (χ2v) is 6.03. The molecule has 3 heterocycles. The second-order valence-electron chi connectivity index (χ2n) is 6.03. The van der Waals surface area contributed by atoms with Gasteiger partial charge in [0.1, 0.15) is 11.9 Å². The van der Waals surface area contributed by atoms with E-state index in [-0.39, 0.29) is 5.92 Å². The molecular formula is C16H23N5O2. The van der Waals surface area contributed by atoms with Crippen molar-refractivity contribution in [2.45, 2.75) is 25.5 Å². The molecule has 7 nitrogen and oxygen atoms in total. The lowest BCUT2D eigenvalue weighted by Gasteiger charge is -2.33. The monoisotopic (exact) mass is 317 g/mol. The Morgan fingerprint density at radius 1 is 1.26 bits per heavy atom. The van der Waals surface area contributed by atoms with E-state index in [9.17, 15) is 5.11 Å². The summed E-state index contributed by atoms with van der Waals surface area (Å²) in [6.07, 6.45) is 8.66. The molecule has 0 bridgehead atoms. The molecule has 124 valence electrons. The number of nitrogens with zero attached hydrogens (tertiary/aromatic N) is 5. The Hall–Kier alpha value is -1.99. The van der Waals surface area contributed by atoms with Gasteiger partial charge in [-0.25, -0.2) is 15.0 Å². The summed E-state index contributed by atoms with van der Waals surface area (Å²) in [5.74, 6) is 1.02. The van der Waals surface area contributed by atoms with Gasteiger partial charge in [-0.05, 0) is 31.8 Å². The van der Waals surface area contributed by atoms with Crippen LogP contribution in [-0.4, -0.2) is 49.7 Å². The number of aliphatic hydroxyl groups is 1. The summed E-state index contributed by atoms with van der Waals surface area (Å²) in [7, 11) is 3.48. The van der Waals surface area contributed by atoms with Gasteiger partial charge in [0.25, 0.3) is 0 Å². The summed E-state index contributed by atoms with van der Waals surface area (Å²) >= 11 is 0. The summed E-state index contributed by atoms with van der Waals surface area (Å²) in [6, 6.07) is 0.394. The Morgan fingerprint density at radius 2 is 1.96 bits per heavy atom. The van der Waals surface area contributed by atoms with Crippen molar-refractivity contribution in [2.75, 3.05) is 20.2 Å². The fourth-order valence-corrected chi connectivity index (χ4v) is 3.09. The van der Waals surface area contributed by atoms with Gasteiger partial charge >= 0.3 is 6.01 Å². The zero-order valence-electron chi connectivity index (χ0n) is 13.6. The van der Waals surface area contributed by atoms with Crippen LogP contribution >= 0.6 is 0 Å². The number of hydrogen-bond acceptors (Lipinski definition) is 6. The van der Waals surface area contributed by atoms with E-state index in [1.807, 2.05) is 17.8 Å². The van der Waals surface area contributed by atoms with Crippen molar-refractivity contribution in [1.82, 2.24) is 24.4 Å². The van der Waals surface area contributed by atoms with E-state index in [4.69, 9.17) is 4.74 Å². The summed E-state index contributed by atoms with van der Waals surface area (Å²) < 4.78 is 6.87. The van der Waals surface area contributed by atoms with Crippen molar-refractivity contribution in [3.8, 4) is 6.01 Å². The molecule has 1 aliphatic rings. The lowest BCUT2D eigenvalue weighted by atomic mass is 9.90. The molecule has 1 saturated heterocycles. The first-order valence-corrected chi connectivity index (χ1v) is 7.90. The molecular weight excluding hydrogens is 294 g/mol. The van der Waals surface area contributed by atoms with Crippen molar-refractivity contribution in [3.63, 3.8) is 0 Å².